The molecule has 1 heterocycles. The van der Waals surface area contributed by atoms with Gasteiger partial charge in [-0.2, -0.15) is 0 Å². The van der Waals surface area contributed by atoms with Gasteiger partial charge in [0.25, 0.3) is 0 Å². The first kappa shape index (κ1) is 9.60. The van der Waals surface area contributed by atoms with Gasteiger partial charge >= 0.3 is 5.97 Å². The minimum absolute atomic E-state index is 0.156. The maximum Gasteiger partial charge on any atom is 0.306 e. The Morgan fingerprint density at radius 3 is 2.77 bits per heavy atom. The van der Waals surface area contributed by atoms with Crippen LogP contribution in [0.1, 0.15) is 18.2 Å². The minimum Gasteiger partial charge on any atom is -0.481 e. The van der Waals surface area contributed by atoms with Crippen LogP contribution < -0.4 is 0 Å². The number of carboxylic acid groups (broad SMARTS) is 1. The summed E-state index contributed by atoms with van der Waals surface area (Å²) >= 11 is 0. The zero-order valence-electron chi connectivity index (χ0n) is 6.64. The van der Waals surface area contributed by atoms with Crippen molar-refractivity contribution in [3.05, 3.63) is 29.8 Å². The van der Waals surface area contributed by atoms with E-state index in [0.717, 1.165) is 12.3 Å². The molecule has 0 aliphatic rings. The summed E-state index contributed by atoms with van der Waals surface area (Å²) in [4.78, 5) is 13.7. The number of halogens is 1. The van der Waals surface area contributed by atoms with E-state index in [-0.39, 0.29) is 5.69 Å². The van der Waals surface area contributed by atoms with Gasteiger partial charge in [0, 0.05) is 0 Å². The van der Waals surface area contributed by atoms with E-state index in [9.17, 15) is 14.3 Å². The molecule has 4 nitrogen and oxygen atoms in total. The monoisotopic (exact) mass is 185 g/mol. The third kappa shape index (κ3) is 2.79. The van der Waals surface area contributed by atoms with Gasteiger partial charge in [0.1, 0.15) is 11.9 Å². The zero-order valence-corrected chi connectivity index (χ0v) is 6.64. The average Bonchev–Trinajstić information content (AvgIpc) is 2.04. The second-order valence-corrected chi connectivity index (χ2v) is 2.51. The van der Waals surface area contributed by atoms with Crippen LogP contribution in [0.3, 0.4) is 0 Å². The predicted molar refractivity (Wildman–Crippen MR) is 41.4 cm³/mol. The summed E-state index contributed by atoms with van der Waals surface area (Å²) in [7, 11) is 0. The molecule has 1 atom stereocenters. The van der Waals surface area contributed by atoms with Crippen LogP contribution in [0.2, 0.25) is 0 Å². The summed E-state index contributed by atoms with van der Waals surface area (Å²) in [6.45, 7) is 0. The van der Waals surface area contributed by atoms with E-state index in [0.29, 0.717) is 0 Å². The average molecular weight is 185 g/mol. The fraction of sp³-hybridized carbons (Fsp3) is 0.250. The molecule has 1 rings (SSSR count). The fourth-order valence-corrected chi connectivity index (χ4v) is 0.854. The quantitative estimate of drug-likeness (QED) is 0.728. The highest BCUT2D eigenvalue weighted by atomic mass is 19.1. The molecule has 0 aliphatic heterocycles. The standard InChI is InChI=1S/C8H8FNO3/c9-5-1-2-6(10-4-5)7(11)3-8(12)13/h1-2,4,7,11H,3H2,(H,12,13)/t7-/m0/s1. The molecule has 13 heavy (non-hydrogen) atoms. The number of carboxylic acids is 1. The molecular formula is C8H8FNO3. The van der Waals surface area contributed by atoms with Crippen LogP contribution >= 0.6 is 0 Å². The SMILES string of the molecule is O=C(O)C[C@H](O)c1ccc(F)cn1. The number of rotatable bonds is 3. The van der Waals surface area contributed by atoms with Crippen molar-refractivity contribution in [3.63, 3.8) is 0 Å². The van der Waals surface area contributed by atoms with Crippen LogP contribution in [0.25, 0.3) is 0 Å². The summed E-state index contributed by atoms with van der Waals surface area (Å²) < 4.78 is 12.4. The van der Waals surface area contributed by atoms with Gasteiger partial charge < -0.3 is 10.2 Å². The molecule has 0 saturated carbocycles. The molecule has 5 heteroatoms. The first-order chi connectivity index (χ1) is 6.09. The lowest BCUT2D eigenvalue weighted by Gasteiger charge is -2.05. The van der Waals surface area contributed by atoms with Gasteiger partial charge in [0.2, 0.25) is 0 Å². The van der Waals surface area contributed by atoms with Crippen LogP contribution in [-0.2, 0) is 4.79 Å². The number of aliphatic hydroxyl groups is 1. The molecule has 70 valence electrons. The second kappa shape index (κ2) is 3.95. The van der Waals surface area contributed by atoms with Crippen LogP contribution in [0.15, 0.2) is 18.3 Å². The van der Waals surface area contributed by atoms with Crippen molar-refractivity contribution >= 4 is 5.97 Å². The lowest BCUT2D eigenvalue weighted by molar-refractivity contribution is -0.139. The molecule has 0 unspecified atom stereocenters. The van der Waals surface area contributed by atoms with E-state index in [1.165, 1.54) is 6.07 Å². The number of carbonyl (C=O) groups is 1. The summed E-state index contributed by atoms with van der Waals surface area (Å²) in [5.74, 6) is -1.65. The lowest BCUT2D eigenvalue weighted by atomic mass is 10.2. The van der Waals surface area contributed by atoms with E-state index < -0.39 is 24.3 Å². The zero-order chi connectivity index (χ0) is 9.84. The Kier molecular flexibility index (Phi) is 2.92. The molecule has 1 aromatic rings. The molecule has 0 spiro atoms. The minimum atomic E-state index is -1.18. The first-order valence-electron chi connectivity index (χ1n) is 3.61. The molecule has 1 aromatic heterocycles. The third-order valence-electron chi connectivity index (χ3n) is 1.46. The molecule has 0 amide bonds. The molecule has 0 radical (unpaired) electrons. The predicted octanol–water partition coefficient (Wildman–Crippen LogP) is 0.729. The highest BCUT2D eigenvalue weighted by Gasteiger charge is 2.12. The van der Waals surface area contributed by atoms with Crippen molar-refractivity contribution in [2.45, 2.75) is 12.5 Å². The van der Waals surface area contributed by atoms with Crippen molar-refractivity contribution in [2.75, 3.05) is 0 Å². The fourth-order valence-electron chi connectivity index (χ4n) is 0.854. The highest BCUT2D eigenvalue weighted by molar-refractivity contribution is 5.67. The Balaban J connectivity index is 2.71. The molecule has 0 bridgehead atoms. The Labute approximate surface area is 73.7 Å². The van der Waals surface area contributed by atoms with Gasteiger partial charge in [0.05, 0.1) is 18.3 Å². The third-order valence-corrected chi connectivity index (χ3v) is 1.46. The Morgan fingerprint density at radius 1 is 1.62 bits per heavy atom. The van der Waals surface area contributed by atoms with Crippen LogP contribution in [0.4, 0.5) is 4.39 Å². The Bertz CT molecular complexity index is 299. The normalized spacial score (nSPS) is 12.5. The number of hydrogen-bond donors (Lipinski definition) is 2. The smallest absolute Gasteiger partial charge is 0.306 e. The van der Waals surface area contributed by atoms with E-state index in [4.69, 9.17) is 5.11 Å². The summed E-state index contributed by atoms with van der Waals surface area (Å²) in [5.41, 5.74) is 0.156. The number of hydrogen-bond acceptors (Lipinski definition) is 3. The number of aliphatic carboxylic acids is 1. The molecule has 0 fully saturated rings. The lowest BCUT2D eigenvalue weighted by Crippen LogP contribution is -2.06. The van der Waals surface area contributed by atoms with E-state index in [2.05, 4.69) is 4.98 Å². The molecule has 0 aliphatic carbocycles. The van der Waals surface area contributed by atoms with Crippen LogP contribution in [-0.4, -0.2) is 21.2 Å². The van der Waals surface area contributed by atoms with E-state index in [1.807, 2.05) is 0 Å². The van der Waals surface area contributed by atoms with Crippen molar-refractivity contribution in [1.82, 2.24) is 4.98 Å². The van der Waals surface area contributed by atoms with Crippen molar-refractivity contribution in [2.24, 2.45) is 0 Å². The van der Waals surface area contributed by atoms with Crippen molar-refractivity contribution < 1.29 is 19.4 Å². The summed E-state index contributed by atoms with van der Waals surface area (Å²) in [5, 5.41) is 17.6. The Hall–Kier alpha value is -1.49. The first-order valence-corrected chi connectivity index (χ1v) is 3.61. The van der Waals surface area contributed by atoms with E-state index in [1.54, 1.807) is 0 Å². The summed E-state index contributed by atoms with van der Waals surface area (Å²) in [6, 6.07) is 2.37. The number of aromatic nitrogens is 1. The largest absolute Gasteiger partial charge is 0.481 e. The number of pyridine rings is 1. The number of nitrogens with zero attached hydrogens (tertiary/aromatic N) is 1. The van der Waals surface area contributed by atoms with Gasteiger partial charge in [-0.3, -0.25) is 9.78 Å². The van der Waals surface area contributed by atoms with Gasteiger partial charge in [-0.15, -0.1) is 0 Å². The second-order valence-electron chi connectivity index (χ2n) is 2.51. The van der Waals surface area contributed by atoms with Crippen molar-refractivity contribution in [1.29, 1.82) is 0 Å². The van der Waals surface area contributed by atoms with Gasteiger partial charge in [-0.1, -0.05) is 0 Å². The van der Waals surface area contributed by atoms with Gasteiger partial charge in [0.15, 0.2) is 0 Å². The molecule has 0 aromatic carbocycles. The Morgan fingerprint density at radius 2 is 2.31 bits per heavy atom. The molecular weight excluding hydrogens is 177 g/mol. The van der Waals surface area contributed by atoms with Crippen molar-refractivity contribution in [3.8, 4) is 0 Å². The highest BCUT2D eigenvalue weighted by Crippen LogP contribution is 2.13. The maximum absolute atomic E-state index is 12.4. The van der Waals surface area contributed by atoms with E-state index >= 15 is 0 Å². The topological polar surface area (TPSA) is 70.4 Å². The van der Waals surface area contributed by atoms with Gasteiger partial charge in [-0.25, -0.2) is 4.39 Å². The molecule has 0 saturated heterocycles. The maximum atomic E-state index is 12.4. The van der Waals surface area contributed by atoms with Gasteiger partial charge in [-0.05, 0) is 12.1 Å². The number of aliphatic hydroxyl groups excluding tert-OH is 1. The van der Waals surface area contributed by atoms with Crippen LogP contribution in [0, 0.1) is 5.82 Å². The molecule has 2 N–H and O–H groups in total. The van der Waals surface area contributed by atoms with Crippen LogP contribution in [0.5, 0.6) is 0 Å². The summed E-state index contributed by atoms with van der Waals surface area (Å²) in [6.07, 6.45) is -0.683.